The van der Waals surface area contributed by atoms with E-state index in [2.05, 4.69) is 0 Å². The van der Waals surface area contributed by atoms with E-state index in [4.69, 9.17) is 10.2 Å². The molecule has 6 N–H and O–H groups in total. The standard InChI is InChI=1S/2C15H12O2.C2H5O2.Nd/c2*16-14(12-7-3-1-4-8-12)11-15(17)13-9-5-2-6-10-13;1-2(3)4;/h2*1-11,16H;3-4H,1H3;/q;;+1;+3/p+2/b2*15-11-;;. The molecule has 0 heterocycles. The molecule has 0 fully saturated rings. The average Bonchev–Trinajstić information content (AvgIpc) is 2.95. The molecule has 0 bridgehead atoms. The van der Waals surface area contributed by atoms with E-state index in [0.717, 1.165) is 0 Å². The van der Waals surface area contributed by atoms with Crippen molar-refractivity contribution in [2.75, 3.05) is 0 Å². The smallest absolute Gasteiger partial charge is 0.464 e. The first kappa shape index (κ1) is 33.8. The SMILES string of the molecule is C[C+](O)O.O/C(=C\[C+](O)c1ccccc1)c1ccccc1.O/C(=C\[C+](O)c1ccccc1)c1ccccc1.[Nd+3]. The molecule has 4 rings (SSSR count). The third-order valence-corrected chi connectivity index (χ3v) is 4.83. The predicted octanol–water partition coefficient (Wildman–Crippen LogP) is 7.32. The van der Waals surface area contributed by atoms with Crippen LogP contribution in [-0.4, -0.2) is 30.6 Å². The zero-order chi connectivity index (χ0) is 27.8. The molecule has 4 aromatic carbocycles. The van der Waals surface area contributed by atoms with Gasteiger partial charge in [-0.05, 0) is 60.7 Å². The third-order valence-electron chi connectivity index (χ3n) is 4.83. The van der Waals surface area contributed by atoms with Crippen LogP contribution in [0.1, 0.15) is 29.2 Å². The van der Waals surface area contributed by atoms with Crippen molar-refractivity contribution in [3.05, 3.63) is 174 Å². The number of aliphatic hydroxyl groups excluding tert-OH is 5. The molecule has 0 aliphatic heterocycles. The summed E-state index contributed by atoms with van der Waals surface area (Å²) in [7, 11) is 0. The van der Waals surface area contributed by atoms with Crippen molar-refractivity contribution in [1.82, 2.24) is 0 Å². The molecule has 1 radical (unpaired) electrons. The van der Waals surface area contributed by atoms with E-state index in [9.17, 15) is 20.4 Å². The van der Waals surface area contributed by atoms with Crippen LogP contribution in [0, 0.1) is 59.3 Å². The molecule has 0 atom stereocenters. The maximum atomic E-state index is 9.83. The van der Waals surface area contributed by atoms with Crippen LogP contribution in [0.25, 0.3) is 11.5 Å². The van der Waals surface area contributed by atoms with E-state index in [-0.39, 0.29) is 64.6 Å². The summed E-state index contributed by atoms with van der Waals surface area (Å²) in [4.78, 5) is 0. The summed E-state index contributed by atoms with van der Waals surface area (Å²) in [6, 6.07) is 36.4. The van der Waals surface area contributed by atoms with Crippen molar-refractivity contribution < 1.29 is 71.5 Å². The van der Waals surface area contributed by atoms with Crippen LogP contribution >= 0.6 is 0 Å². The molecule has 0 saturated heterocycles. The van der Waals surface area contributed by atoms with Gasteiger partial charge in [-0.1, -0.05) is 36.4 Å². The van der Waals surface area contributed by atoms with E-state index in [1.807, 2.05) is 72.8 Å². The zero-order valence-corrected chi connectivity index (χ0v) is 24.6. The molecule has 39 heavy (non-hydrogen) atoms. The Bertz CT molecular complexity index is 1130. The molecule has 0 spiro atoms. The van der Waals surface area contributed by atoms with E-state index in [0.29, 0.717) is 22.3 Å². The normalized spacial score (nSPS) is 10.5. The maximum Gasteiger partial charge on any atom is 3.00 e. The molecule has 0 aromatic heterocycles. The number of hydrogen-bond acceptors (Lipinski definition) is 6. The Morgan fingerprint density at radius 2 is 0.718 bits per heavy atom. The van der Waals surface area contributed by atoms with Crippen molar-refractivity contribution in [3.8, 4) is 0 Å². The molecule has 193 valence electrons. The Balaban J connectivity index is 0.000000336. The first-order valence-corrected chi connectivity index (χ1v) is 11.6. The second-order valence-corrected chi connectivity index (χ2v) is 7.84. The van der Waals surface area contributed by atoms with Crippen LogP contribution in [0.4, 0.5) is 0 Å². The molecule has 4 aromatic rings. The summed E-state index contributed by atoms with van der Waals surface area (Å²) >= 11 is 0. The molecule has 0 aliphatic rings. The average molecular weight is 656 g/mol. The molecule has 0 aliphatic carbocycles. The minimum atomic E-state index is -0.583. The Hall–Kier alpha value is -3.24. The third kappa shape index (κ3) is 13.4. The van der Waals surface area contributed by atoms with Crippen molar-refractivity contribution >= 4 is 11.5 Å². The van der Waals surface area contributed by atoms with Gasteiger partial charge in [0.15, 0.2) is 23.7 Å². The maximum absolute atomic E-state index is 9.83. The minimum Gasteiger partial charge on any atom is -0.464 e. The fourth-order valence-electron chi connectivity index (χ4n) is 3.03. The summed E-state index contributed by atoms with van der Waals surface area (Å²) < 4.78 is 0. The molecule has 0 saturated carbocycles. The van der Waals surface area contributed by atoms with Gasteiger partial charge in [-0.2, -0.15) is 10.2 Å². The number of benzene rings is 4. The van der Waals surface area contributed by atoms with Gasteiger partial charge in [0, 0.05) is 24.3 Å². The van der Waals surface area contributed by atoms with Crippen molar-refractivity contribution in [1.29, 1.82) is 0 Å². The van der Waals surface area contributed by atoms with Gasteiger partial charge in [-0.25, -0.2) is 0 Å². The fraction of sp³-hybridized carbons (Fsp3) is 0.0312. The van der Waals surface area contributed by atoms with Crippen LogP contribution in [0.3, 0.4) is 0 Å². The number of aliphatic hydroxyl groups is 6. The van der Waals surface area contributed by atoms with Crippen LogP contribution in [0.2, 0.25) is 0 Å². The molecule has 0 unspecified atom stereocenters. The van der Waals surface area contributed by atoms with Gasteiger partial charge in [0.25, 0.3) is 0 Å². The topological polar surface area (TPSA) is 121 Å². The second-order valence-electron chi connectivity index (χ2n) is 7.84. The number of hydrogen-bond donors (Lipinski definition) is 6. The fourth-order valence-corrected chi connectivity index (χ4v) is 3.03. The van der Waals surface area contributed by atoms with Gasteiger partial charge in [0.1, 0.15) is 18.1 Å². The summed E-state index contributed by atoms with van der Waals surface area (Å²) in [6.45, 7) is 1.19. The largest absolute Gasteiger partial charge is 3.00 e. The summed E-state index contributed by atoms with van der Waals surface area (Å²) in [5.74, 6) is 0.0962. The molecular formula is C32H31NdO6+6. The summed E-state index contributed by atoms with van der Waals surface area (Å²) in [6.07, 6.45) is 2.22. The molecular weight excluding hydrogens is 625 g/mol. The van der Waals surface area contributed by atoms with Gasteiger partial charge in [0.2, 0.25) is 0 Å². The molecule has 7 heteroatoms. The second kappa shape index (κ2) is 18.9. The Kier molecular flexibility index (Phi) is 16.4. The van der Waals surface area contributed by atoms with Crippen LogP contribution in [0.15, 0.2) is 133 Å². The Morgan fingerprint density at radius 3 is 0.974 bits per heavy atom. The van der Waals surface area contributed by atoms with Crippen LogP contribution in [0.5, 0.6) is 0 Å². The Labute approximate surface area is 262 Å². The van der Waals surface area contributed by atoms with E-state index in [1.165, 1.54) is 19.1 Å². The minimum absolute atomic E-state index is 0. The Morgan fingerprint density at radius 1 is 0.487 bits per heavy atom. The first-order valence-electron chi connectivity index (χ1n) is 11.6. The van der Waals surface area contributed by atoms with Crippen molar-refractivity contribution in [2.45, 2.75) is 6.92 Å². The van der Waals surface area contributed by atoms with Gasteiger partial charge in [0.05, 0.1) is 23.3 Å². The molecule has 6 nitrogen and oxygen atoms in total. The quantitative estimate of drug-likeness (QED) is 0.0957. The monoisotopic (exact) mass is 653 g/mol. The van der Waals surface area contributed by atoms with Gasteiger partial charge < -0.3 is 20.4 Å². The van der Waals surface area contributed by atoms with Crippen molar-refractivity contribution in [3.63, 3.8) is 0 Å². The van der Waals surface area contributed by atoms with Crippen LogP contribution < -0.4 is 0 Å². The van der Waals surface area contributed by atoms with Gasteiger partial charge in [-0.3, -0.25) is 0 Å². The number of rotatable bonds is 6. The zero-order valence-electron chi connectivity index (χ0n) is 21.4. The first-order chi connectivity index (χ1) is 18.3. The predicted molar refractivity (Wildman–Crippen MR) is 148 cm³/mol. The van der Waals surface area contributed by atoms with Crippen molar-refractivity contribution in [2.24, 2.45) is 0 Å². The van der Waals surface area contributed by atoms with E-state index >= 15 is 0 Å². The van der Waals surface area contributed by atoms with Gasteiger partial charge in [-0.15, -0.1) is 0 Å². The summed E-state index contributed by atoms with van der Waals surface area (Å²) in [5.41, 5.74) is 2.70. The van der Waals surface area contributed by atoms with E-state index in [1.54, 1.807) is 48.5 Å². The van der Waals surface area contributed by atoms with E-state index < -0.39 is 6.29 Å². The molecule has 0 amide bonds. The van der Waals surface area contributed by atoms with Crippen LogP contribution in [-0.2, 0) is 0 Å². The summed E-state index contributed by atoms with van der Waals surface area (Å²) in [5, 5.41) is 54.4. The van der Waals surface area contributed by atoms with Gasteiger partial charge >= 0.3 is 47.1 Å².